The van der Waals surface area contributed by atoms with Gasteiger partial charge in [-0.05, 0) is 25.7 Å². The second-order valence-electron chi connectivity index (χ2n) is 5.04. The lowest BCUT2D eigenvalue weighted by Gasteiger charge is -2.31. The smallest absolute Gasteiger partial charge is 0.319 e. The summed E-state index contributed by atoms with van der Waals surface area (Å²) in [6.45, 7) is 6.40. The first-order valence-corrected chi connectivity index (χ1v) is 6.17. The highest BCUT2D eigenvalue weighted by atomic mass is 16.2. The number of hydrogen-bond acceptors (Lipinski definition) is 2. The quantitative estimate of drug-likeness (QED) is 0.843. The molecule has 1 aliphatic rings. The third-order valence-electron chi connectivity index (χ3n) is 3.33. The van der Waals surface area contributed by atoms with Crippen LogP contribution in [-0.4, -0.2) is 33.2 Å². The summed E-state index contributed by atoms with van der Waals surface area (Å²) in [7, 11) is 0. The number of anilines is 1. The zero-order valence-electron chi connectivity index (χ0n) is 10.6. The third kappa shape index (κ3) is 2.78. The molecule has 0 aromatic carbocycles. The summed E-state index contributed by atoms with van der Waals surface area (Å²) in [5.41, 5.74) is 0.719. The number of urea groups is 1. The third-order valence-corrected chi connectivity index (χ3v) is 3.33. The number of hydrogen-bond donors (Lipinski definition) is 2. The number of carbonyl (C=O) groups excluding carboxylic acids is 1. The van der Waals surface area contributed by atoms with E-state index in [0.29, 0.717) is 12.0 Å². The Hall–Kier alpha value is -1.52. The van der Waals surface area contributed by atoms with Crippen LogP contribution in [0.2, 0.25) is 0 Å². The van der Waals surface area contributed by atoms with Crippen molar-refractivity contribution in [2.24, 2.45) is 5.92 Å². The number of H-pyrrole nitrogens is 1. The molecule has 1 aromatic rings. The van der Waals surface area contributed by atoms with Crippen LogP contribution in [0, 0.1) is 5.92 Å². The molecule has 5 nitrogen and oxygen atoms in total. The van der Waals surface area contributed by atoms with Crippen LogP contribution >= 0.6 is 0 Å². The van der Waals surface area contributed by atoms with Gasteiger partial charge in [0.2, 0.25) is 0 Å². The van der Waals surface area contributed by atoms with Crippen molar-refractivity contribution < 1.29 is 4.79 Å². The van der Waals surface area contributed by atoms with Gasteiger partial charge in [-0.2, -0.15) is 5.10 Å². The molecule has 1 aromatic heterocycles. The van der Waals surface area contributed by atoms with Gasteiger partial charge in [-0.15, -0.1) is 0 Å². The van der Waals surface area contributed by atoms with Gasteiger partial charge in [0.05, 0.1) is 11.9 Å². The molecule has 94 valence electrons. The van der Waals surface area contributed by atoms with Gasteiger partial charge < -0.3 is 10.2 Å². The lowest BCUT2D eigenvalue weighted by molar-refractivity contribution is 0.169. The lowest BCUT2D eigenvalue weighted by atomic mass is 10.0. The summed E-state index contributed by atoms with van der Waals surface area (Å²) in [6.07, 6.45) is 5.54. The summed E-state index contributed by atoms with van der Waals surface area (Å²) in [5, 5.41) is 9.38. The highest BCUT2D eigenvalue weighted by Crippen LogP contribution is 2.31. The van der Waals surface area contributed by atoms with E-state index in [-0.39, 0.29) is 12.1 Å². The molecular weight excluding hydrogens is 216 g/mol. The van der Waals surface area contributed by atoms with Crippen LogP contribution in [0.25, 0.3) is 0 Å². The van der Waals surface area contributed by atoms with E-state index in [1.165, 1.54) is 0 Å². The minimum Gasteiger partial charge on any atom is -0.319 e. The van der Waals surface area contributed by atoms with Crippen LogP contribution in [-0.2, 0) is 0 Å². The van der Waals surface area contributed by atoms with E-state index < -0.39 is 0 Å². The monoisotopic (exact) mass is 236 g/mol. The SMILES string of the molecule is CC(C)[C@@H](C)N(C(=O)Nc1cn[nH]c1)C1CC1. The molecule has 2 rings (SSSR count). The summed E-state index contributed by atoms with van der Waals surface area (Å²) in [5.74, 6) is 0.464. The molecule has 1 fully saturated rings. The Kier molecular flexibility index (Phi) is 3.36. The first-order chi connectivity index (χ1) is 8.09. The summed E-state index contributed by atoms with van der Waals surface area (Å²) < 4.78 is 0. The zero-order chi connectivity index (χ0) is 12.4. The van der Waals surface area contributed by atoms with Gasteiger partial charge >= 0.3 is 6.03 Å². The normalized spacial score (nSPS) is 16.9. The predicted octanol–water partition coefficient (Wildman–Crippen LogP) is 2.45. The van der Waals surface area contributed by atoms with Crippen LogP contribution in [0.1, 0.15) is 33.6 Å². The maximum atomic E-state index is 12.2. The highest BCUT2D eigenvalue weighted by Gasteiger charge is 2.36. The Morgan fingerprint density at radius 1 is 1.53 bits per heavy atom. The van der Waals surface area contributed by atoms with Crippen molar-refractivity contribution in [2.75, 3.05) is 5.32 Å². The van der Waals surface area contributed by atoms with Crippen LogP contribution in [0.4, 0.5) is 10.5 Å². The fourth-order valence-electron chi connectivity index (χ4n) is 1.86. The van der Waals surface area contributed by atoms with Gasteiger partial charge in [0.1, 0.15) is 0 Å². The van der Waals surface area contributed by atoms with Crippen LogP contribution in [0.3, 0.4) is 0 Å². The average Bonchev–Trinajstić information content (AvgIpc) is 2.96. The number of nitrogens with one attached hydrogen (secondary N) is 2. The standard InChI is InChI=1S/C12H20N4O/c1-8(2)9(3)16(11-4-5-11)12(17)15-10-6-13-14-7-10/h6-9,11H,4-5H2,1-3H3,(H,13,14)(H,15,17)/t9-/m1/s1. The van der Waals surface area contributed by atoms with Crippen molar-refractivity contribution in [2.45, 2.75) is 45.7 Å². The molecule has 1 aliphatic carbocycles. The molecule has 1 heterocycles. The van der Waals surface area contributed by atoms with Crippen molar-refractivity contribution in [1.82, 2.24) is 15.1 Å². The van der Waals surface area contributed by atoms with Crippen molar-refractivity contribution in [3.8, 4) is 0 Å². The molecule has 1 atom stereocenters. The molecule has 0 spiro atoms. The fraction of sp³-hybridized carbons (Fsp3) is 0.667. The maximum absolute atomic E-state index is 12.2. The Morgan fingerprint density at radius 3 is 2.71 bits per heavy atom. The molecule has 1 saturated carbocycles. The average molecular weight is 236 g/mol. The molecule has 0 aliphatic heterocycles. The van der Waals surface area contributed by atoms with E-state index in [9.17, 15) is 4.79 Å². The number of carbonyl (C=O) groups is 1. The van der Waals surface area contributed by atoms with E-state index in [0.717, 1.165) is 18.5 Å². The van der Waals surface area contributed by atoms with Crippen LogP contribution in [0.5, 0.6) is 0 Å². The van der Waals surface area contributed by atoms with Gasteiger partial charge in [0.25, 0.3) is 0 Å². The van der Waals surface area contributed by atoms with E-state index >= 15 is 0 Å². The Labute approximate surface area is 102 Å². The van der Waals surface area contributed by atoms with Crippen LogP contribution in [0.15, 0.2) is 12.4 Å². The van der Waals surface area contributed by atoms with E-state index in [4.69, 9.17) is 0 Å². The number of amides is 2. The van der Waals surface area contributed by atoms with Gasteiger partial charge in [-0.25, -0.2) is 4.79 Å². The molecule has 0 bridgehead atoms. The molecule has 0 saturated heterocycles. The number of rotatable bonds is 4. The molecule has 5 heteroatoms. The molecule has 17 heavy (non-hydrogen) atoms. The van der Waals surface area contributed by atoms with Crippen molar-refractivity contribution in [3.05, 3.63) is 12.4 Å². The van der Waals surface area contributed by atoms with Crippen LogP contribution < -0.4 is 5.32 Å². The predicted molar refractivity (Wildman–Crippen MR) is 66.8 cm³/mol. The topological polar surface area (TPSA) is 61.0 Å². The van der Waals surface area contributed by atoms with Crippen molar-refractivity contribution in [1.29, 1.82) is 0 Å². The molecule has 0 unspecified atom stereocenters. The van der Waals surface area contributed by atoms with Crippen molar-refractivity contribution in [3.63, 3.8) is 0 Å². The number of aromatic amines is 1. The Balaban J connectivity index is 2.03. The minimum atomic E-state index is -0.0184. The first kappa shape index (κ1) is 12.0. The number of aromatic nitrogens is 2. The van der Waals surface area contributed by atoms with Crippen molar-refractivity contribution >= 4 is 11.7 Å². The summed E-state index contributed by atoms with van der Waals surface area (Å²) in [6, 6.07) is 0.656. The largest absolute Gasteiger partial charge is 0.322 e. The number of nitrogens with zero attached hydrogens (tertiary/aromatic N) is 2. The molecular formula is C12H20N4O. The Bertz CT molecular complexity index is 370. The maximum Gasteiger partial charge on any atom is 0.322 e. The van der Waals surface area contributed by atoms with E-state index in [2.05, 4.69) is 36.3 Å². The highest BCUT2D eigenvalue weighted by molar-refractivity contribution is 5.89. The van der Waals surface area contributed by atoms with Gasteiger partial charge in [0.15, 0.2) is 0 Å². The van der Waals surface area contributed by atoms with Gasteiger partial charge in [-0.3, -0.25) is 5.10 Å². The Morgan fingerprint density at radius 2 is 2.24 bits per heavy atom. The van der Waals surface area contributed by atoms with E-state index in [1.54, 1.807) is 12.4 Å². The second-order valence-corrected chi connectivity index (χ2v) is 5.04. The molecule has 0 radical (unpaired) electrons. The molecule has 2 N–H and O–H groups in total. The van der Waals surface area contributed by atoms with E-state index in [1.807, 2.05) is 4.90 Å². The fourth-order valence-corrected chi connectivity index (χ4v) is 1.86. The molecule has 2 amide bonds. The van der Waals surface area contributed by atoms with Gasteiger partial charge in [0, 0.05) is 18.3 Å². The minimum absolute atomic E-state index is 0.0184. The zero-order valence-corrected chi connectivity index (χ0v) is 10.6. The lowest BCUT2D eigenvalue weighted by Crippen LogP contribution is -2.45. The first-order valence-electron chi connectivity index (χ1n) is 6.17. The second kappa shape index (κ2) is 4.77. The van der Waals surface area contributed by atoms with Gasteiger partial charge in [-0.1, -0.05) is 13.8 Å². The summed E-state index contributed by atoms with van der Waals surface area (Å²) >= 11 is 0. The summed E-state index contributed by atoms with van der Waals surface area (Å²) in [4.78, 5) is 14.2.